The normalized spacial score (nSPS) is 15.6. The first-order valence-electron chi connectivity index (χ1n) is 8.56. The highest BCUT2D eigenvalue weighted by Crippen LogP contribution is 2.29. The van der Waals surface area contributed by atoms with Crippen LogP contribution in [0.15, 0.2) is 16.7 Å². The van der Waals surface area contributed by atoms with Gasteiger partial charge in [-0.25, -0.2) is 0 Å². The molecule has 120 valence electrons. The maximum atomic E-state index is 5.76. The third-order valence-electron chi connectivity index (χ3n) is 4.11. The molecule has 1 aromatic rings. The van der Waals surface area contributed by atoms with Crippen molar-refractivity contribution in [1.82, 2.24) is 10.2 Å². The fourth-order valence-corrected chi connectivity index (χ4v) is 2.60. The van der Waals surface area contributed by atoms with Gasteiger partial charge in [0, 0.05) is 18.2 Å². The smallest absolute Gasteiger partial charge is 0.122 e. The van der Waals surface area contributed by atoms with Gasteiger partial charge in [-0.15, -0.1) is 0 Å². The second-order valence-corrected chi connectivity index (χ2v) is 7.28. The van der Waals surface area contributed by atoms with E-state index in [-0.39, 0.29) is 0 Å². The molecule has 0 aliphatic heterocycles. The fraction of sp³-hybridized carbons (Fsp3) is 0.778. The summed E-state index contributed by atoms with van der Waals surface area (Å²) in [6.07, 6.45) is 5.84. The Bertz CT molecular complexity index is 407. The molecule has 0 radical (unpaired) electrons. The molecule has 0 spiro atoms. The Hall–Kier alpha value is -0.800. The standard InChI is InChI=1S/C18H32N2O/c1-14(2)7-9-20(17-5-6-17)13-18-16(8-10-21-18)12-19-11-15(3)4/h8,10,14-15,17,19H,5-7,9,11-13H2,1-4H3. The zero-order chi connectivity index (χ0) is 15.2. The molecule has 1 aromatic heterocycles. The molecule has 0 saturated heterocycles. The van der Waals surface area contributed by atoms with Crippen molar-refractivity contribution in [2.24, 2.45) is 11.8 Å². The summed E-state index contributed by atoms with van der Waals surface area (Å²) in [6, 6.07) is 2.92. The third-order valence-corrected chi connectivity index (χ3v) is 4.11. The number of nitrogens with one attached hydrogen (secondary N) is 1. The molecule has 1 fully saturated rings. The highest BCUT2D eigenvalue weighted by Gasteiger charge is 2.29. The van der Waals surface area contributed by atoms with Gasteiger partial charge in [-0.1, -0.05) is 27.7 Å². The molecular formula is C18H32N2O. The van der Waals surface area contributed by atoms with Crippen LogP contribution in [0.25, 0.3) is 0 Å². The average Bonchev–Trinajstić information content (AvgIpc) is 3.16. The van der Waals surface area contributed by atoms with Crippen molar-refractivity contribution in [2.45, 2.75) is 66.1 Å². The van der Waals surface area contributed by atoms with E-state index in [0.29, 0.717) is 5.92 Å². The van der Waals surface area contributed by atoms with Crippen molar-refractivity contribution in [3.05, 3.63) is 23.7 Å². The van der Waals surface area contributed by atoms with E-state index in [0.717, 1.165) is 37.4 Å². The lowest BCUT2D eigenvalue weighted by molar-refractivity contribution is 0.220. The zero-order valence-electron chi connectivity index (χ0n) is 14.2. The molecule has 0 aromatic carbocycles. The van der Waals surface area contributed by atoms with Gasteiger partial charge in [0.2, 0.25) is 0 Å². The number of rotatable bonds is 10. The van der Waals surface area contributed by atoms with E-state index in [4.69, 9.17) is 4.42 Å². The van der Waals surface area contributed by atoms with Crippen LogP contribution in [0.3, 0.4) is 0 Å². The predicted octanol–water partition coefficient (Wildman–Crippen LogP) is 4.04. The summed E-state index contributed by atoms with van der Waals surface area (Å²) in [7, 11) is 0. The second-order valence-electron chi connectivity index (χ2n) is 7.28. The monoisotopic (exact) mass is 292 g/mol. The maximum absolute atomic E-state index is 5.76. The largest absolute Gasteiger partial charge is 0.468 e. The first-order chi connectivity index (χ1) is 10.1. The molecule has 1 heterocycles. The van der Waals surface area contributed by atoms with Crippen LogP contribution >= 0.6 is 0 Å². The summed E-state index contributed by atoms with van der Waals surface area (Å²) in [6.45, 7) is 13.2. The van der Waals surface area contributed by atoms with E-state index >= 15 is 0 Å². The van der Waals surface area contributed by atoms with Gasteiger partial charge in [0.25, 0.3) is 0 Å². The molecule has 3 heteroatoms. The molecule has 1 aliphatic rings. The molecule has 1 aliphatic carbocycles. The van der Waals surface area contributed by atoms with E-state index in [2.05, 4.69) is 44.0 Å². The minimum atomic E-state index is 0.689. The lowest BCUT2D eigenvalue weighted by Crippen LogP contribution is -2.28. The quantitative estimate of drug-likeness (QED) is 0.705. The molecule has 0 atom stereocenters. The first kappa shape index (κ1) is 16.6. The van der Waals surface area contributed by atoms with Gasteiger partial charge in [-0.3, -0.25) is 4.90 Å². The van der Waals surface area contributed by atoms with Crippen LogP contribution < -0.4 is 5.32 Å². The highest BCUT2D eigenvalue weighted by atomic mass is 16.3. The van der Waals surface area contributed by atoms with Crippen LogP contribution in [0.1, 0.15) is 58.3 Å². The summed E-state index contributed by atoms with van der Waals surface area (Å²) in [5.41, 5.74) is 1.32. The van der Waals surface area contributed by atoms with Gasteiger partial charge in [-0.05, 0) is 50.3 Å². The highest BCUT2D eigenvalue weighted by molar-refractivity contribution is 5.17. The lowest BCUT2D eigenvalue weighted by Gasteiger charge is -2.22. The Morgan fingerprint density at radius 1 is 1.24 bits per heavy atom. The Labute approximate surface area is 130 Å². The first-order valence-corrected chi connectivity index (χ1v) is 8.56. The van der Waals surface area contributed by atoms with Crippen LogP contribution in [0, 0.1) is 11.8 Å². The van der Waals surface area contributed by atoms with Crippen LogP contribution in [-0.2, 0) is 13.1 Å². The minimum Gasteiger partial charge on any atom is -0.468 e. The third kappa shape index (κ3) is 5.84. The second kappa shape index (κ2) is 8.00. The van der Waals surface area contributed by atoms with Gasteiger partial charge in [0.1, 0.15) is 5.76 Å². The van der Waals surface area contributed by atoms with Crippen LogP contribution in [0.4, 0.5) is 0 Å². The van der Waals surface area contributed by atoms with Crippen LogP contribution in [0.2, 0.25) is 0 Å². The molecular weight excluding hydrogens is 260 g/mol. The van der Waals surface area contributed by atoms with Crippen molar-refractivity contribution < 1.29 is 4.42 Å². The van der Waals surface area contributed by atoms with Gasteiger partial charge < -0.3 is 9.73 Å². The summed E-state index contributed by atoms with van der Waals surface area (Å²) >= 11 is 0. The van der Waals surface area contributed by atoms with E-state index in [1.807, 2.05) is 6.26 Å². The molecule has 3 nitrogen and oxygen atoms in total. The SMILES string of the molecule is CC(C)CCN(Cc1occc1CNCC(C)C)C1CC1. The number of hydrogen-bond acceptors (Lipinski definition) is 3. The van der Waals surface area contributed by atoms with Gasteiger partial charge in [0.15, 0.2) is 0 Å². The lowest BCUT2D eigenvalue weighted by atomic mass is 10.1. The molecule has 0 unspecified atom stereocenters. The van der Waals surface area contributed by atoms with E-state index in [1.54, 1.807) is 0 Å². The number of furan rings is 1. The Morgan fingerprint density at radius 2 is 2.00 bits per heavy atom. The Balaban J connectivity index is 1.86. The van der Waals surface area contributed by atoms with Crippen molar-refractivity contribution in [3.63, 3.8) is 0 Å². The van der Waals surface area contributed by atoms with Crippen molar-refractivity contribution in [2.75, 3.05) is 13.1 Å². The average molecular weight is 292 g/mol. The van der Waals surface area contributed by atoms with Crippen LogP contribution in [-0.4, -0.2) is 24.0 Å². The van der Waals surface area contributed by atoms with E-state index in [9.17, 15) is 0 Å². The van der Waals surface area contributed by atoms with E-state index in [1.165, 1.54) is 31.4 Å². The summed E-state index contributed by atoms with van der Waals surface area (Å²) < 4.78 is 5.76. The summed E-state index contributed by atoms with van der Waals surface area (Å²) in [5.74, 6) is 2.62. The number of nitrogens with zero attached hydrogens (tertiary/aromatic N) is 1. The van der Waals surface area contributed by atoms with Gasteiger partial charge in [-0.2, -0.15) is 0 Å². The van der Waals surface area contributed by atoms with Crippen molar-refractivity contribution in [1.29, 1.82) is 0 Å². The molecule has 1 N–H and O–H groups in total. The van der Waals surface area contributed by atoms with Crippen molar-refractivity contribution >= 4 is 0 Å². The number of hydrogen-bond donors (Lipinski definition) is 1. The maximum Gasteiger partial charge on any atom is 0.122 e. The van der Waals surface area contributed by atoms with Crippen molar-refractivity contribution in [3.8, 4) is 0 Å². The molecule has 21 heavy (non-hydrogen) atoms. The molecule has 1 saturated carbocycles. The topological polar surface area (TPSA) is 28.4 Å². The zero-order valence-corrected chi connectivity index (χ0v) is 14.2. The predicted molar refractivity (Wildman–Crippen MR) is 88.1 cm³/mol. The molecule has 2 rings (SSSR count). The fourth-order valence-electron chi connectivity index (χ4n) is 2.60. The Morgan fingerprint density at radius 3 is 2.62 bits per heavy atom. The van der Waals surface area contributed by atoms with E-state index < -0.39 is 0 Å². The summed E-state index contributed by atoms with van der Waals surface area (Å²) in [4.78, 5) is 2.62. The van der Waals surface area contributed by atoms with Gasteiger partial charge >= 0.3 is 0 Å². The van der Waals surface area contributed by atoms with Crippen LogP contribution in [0.5, 0.6) is 0 Å². The molecule has 0 bridgehead atoms. The minimum absolute atomic E-state index is 0.689. The summed E-state index contributed by atoms with van der Waals surface area (Å²) in [5, 5.41) is 3.52. The molecule has 0 amide bonds. The Kier molecular flexibility index (Phi) is 6.31. The van der Waals surface area contributed by atoms with Gasteiger partial charge in [0.05, 0.1) is 12.8 Å².